The number of carbonyl (C=O) groups excluding carboxylic acids is 1. The van der Waals surface area contributed by atoms with Crippen LogP contribution in [0.5, 0.6) is 0 Å². The number of carbonyl (C=O) groups is 2. The normalized spacial score (nSPS) is 11.9. The zero-order valence-electron chi connectivity index (χ0n) is 9.94. The van der Waals surface area contributed by atoms with Crippen molar-refractivity contribution in [1.82, 2.24) is 0 Å². The van der Waals surface area contributed by atoms with Gasteiger partial charge in [0.2, 0.25) is 5.91 Å². The summed E-state index contributed by atoms with van der Waals surface area (Å²) in [6, 6.07) is 3.32. The van der Waals surface area contributed by atoms with Gasteiger partial charge in [0.1, 0.15) is 5.82 Å². The van der Waals surface area contributed by atoms with Crippen LogP contribution in [0.4, 0.5) is 10.1 Å². The highest BCUT2D eigenvalue weighted by atomic mass is 19.1. The van der Waals surface area contributed by atoms with Gasteiger partial charge in [-0.15, -0.1) is 0 Å². The molecule has 6 heteroatoms. The fraction of sp³-hybridized carbons (Fsp3) is 0.333. The molecule has 1 rings (SSSR count). The van der Waals surface area contributed by atoms with Crippen molar-refractivity contribution in [2.75, 3.05) is 5.32 Å². The van der Waals surface area contributed by atoms with Crippen LogP contribution in [0.15, 0.2) is 18.2 Å². The van der Waals surface area contributed by atoms with Gasteiger partial charge in [0.15, 0.2) is 0 Å². The van der Waals surface area contributed by atoms with Gasteiger partial charge >= 0.3 is 5.97 Å². The molecule has 1 amide bonds. The monoisotopic (exact) mass is 254 g/mol. The molecule has 0 saturated heterocycles. The lowest BCUT2D eigenvalue weighted by molar-refractivity contribution is -0.116. The number of carboxylic acid groups (broad SMARTS) is 1. The van der Waals surface area contributed by atoms with Crippen LogP contribution in [0.1, 0.15) is 30.1 Å². The highest BCUT2D eigenvalue weighted by molar-refractivity contribution is 5.94. The van der Waals surface area contributed by atoms with Gasteiger partial charge < -0.3 is 16.2 Å². The van der Waals surface area contributed by atoms with E-state index in [1.165, 1.54) is 6.07 Å². The number of benzene rings is 1. The summed E-state index contributed by atoms with van der Waals surface area (Å²) in [6.45, 7) is 1.79. The number of nitrogens with one attached hydrogen (secondary N) is 1. The molecule has 0 heterocycles. The maximum absolute atomic E-state index is 13.1. The molecule has 0 aromatic heterocycles. The minimum atomic E-state index is -1.38. The fourth-order valence-corrected chi connectivity index (χ4v) is 1.35. The van der Waals surface area contributed by atoms with E-state index in [1.807, 2.05) is 0 Å². The van der Waals surface area contributed by atoms with Gasteiger partial charge in [0, 0.05) is 18.2 Å². The molecular formula is C12H15FN2O3. The Kier molecular flexibility index (Phi) is 4.79. The van der Waals surface area contributed by atoms with E-state index >= 15 is 0 Å². The molecule has 0 aliphatic carbocycles. The van der Waals surface area contributed by atoms with Gasteiger partial charge in [-0.05, 0) is 31.5 Å². The van der Waals surface area contributed by atoms with E-state index in [0.29, 0.717) is 6.42 Å². The van der Waals surface area contributed by atoms with Crippen molar-refractivity contribution >= 4 is 17.6 Å². The number of hydrogen-bond donors (Lipinski definition) is 3. The zero-order chi connectivity index (χ0) is 13.7. The van der Waals surface area contributed by atoms with E-state index in [9.17, 15) is 14.0 Å². The molecule has 98 valence electrons. The number of nitrogens with two attached hydrogens (primary N) is 1. The summed E-state index contributed by atoms with van der Waals surface area (Å²) in [5.41, 5.74) is 5.29. The lowest BCUT2D eigenvalue weighted by Crippen LogP contribution is -2.19. The van der Waals surface area contributed by atoms with Crippen molar-refractivity contribution in [3.8, 4) is 0 Å². The standard InChI is InChI=1S/C12H15FN2O3/c1-7(14)2-5-11(16)15-8-3-4-10(13)9(6-8)12(17)18/h3-4,6-7H,2,5,14H2,1H3,(H,15,16)(H,17,18). The van der Waals surface area contributed by atoms with Gasteiger partial charge in [0.05, 0.1) is 5.56 Å². The van der Waals surface area contributed by atoms with Crippen LogP contribution in [0.25, 0.3) is 0 Å². The Bertz CT molecular complexity index is 461. The predicted octanol–water partition coefficient (Wildman–Crippen LogP) is 1.59. The Morgan fingerprint density at radius 3 is 2.72 bits per heavy atom. The van der Waals surface area contributed by atoms with Crippen LogP contribution in [0, 0.1) is 5.82 Å². The largest absolute Gasteiger partial charge is 0.478 e. The van der Waals surface area contributed by atoms with E-state index in [2.05, 4.69) is 5.32 Å². The SMILES string of the molecule is CC(N)CCC(=O)Nc1ccc(F)c(C(=O)O)c1. The Morgan fingerprint density at radius 1 is 1.50 bits per heavy atom. The first kappa shape index (κ1) is 14.1. The molecule has 1 atom stereocenters. The van der Waals surface area contributed by atoms with Crippen LogP contribution >= 0.6 is 0 Å². The third kappa shape index (κ3) is 4.14. The Hall–Kier alpha value is -1.95. The van der Waals surface area contributed by atoms with Gasteiger partial charge in [-0.25, -0.2) is 9.18 Å². The van der Waals surface area contributed by atoms with Gasteiger partial charge in [-0.2, -0.15) is 0 Å². The van der Waals surface area contributed by atoms with Crippen LogP contribution in [-0.2, 0) is 4.79 Å². The Balaban J connectivity index is 2.70. The average molecular weight is 254 g/mol. The Morgan fingerprint density at radius 2 is 2.17 bits per heavy atom. The molecule has 0 radical (unpaired) electrons. The molecule has 18 heavy (non-hydrogen) atoms. The number of anilines is 1. The van der Waals surface area contributed by atoms with Crippen molar-refractivity contribution in [1.29, 1.82) is 0 Å². The summed E-state index contributed by atoms with van der Waals surface area (Å²) in [7, 11) is 0. The average Bonchev–Trinajstić information content (AvgIpc) is 2.28. The first-order valence-corrected chi connectivity index (χ1v) is 5.48. The lowest BCUT2D eigenvalue weighted by Gasteiger charge is -2.08. The number of carboxylic acids is 1. The molecule has 0 spiro atoms. The summed E-state index contributed by atoms with van der Waals surface area (Å²) in [4.78, 5) is 22.2. The zero-order valence-corrected chi connectivity index (χ0v) is 9.94. The van der Waals surface area contributed by atoms with E-state index in [-0.39, 0.29) is 24.1 Å². The summed E-state index contributed by atoms with van der Waals surface area (Å²) in [5.74, 6) is -2.49. The van der Waals surface area contributed by atoms with E-state index in [0.717, 1.165) is 12.1 Å². The maximum Gasteiger partial charge on any atom is 0.338 e. The van der Waals surface area contributed by atoms with Crippen molar-refractivity contribution in [3.05, 3.63) is 29.6 Å². The molecule has 1 unspecified atom stereocenters. The topological polar surface area (TPSA) is 92.4 Å². The molecule has 0 fully saturated rings. The maximum atomic E-state index is 13.1. The van der Waals surface area contributed by atoms with Gasteiger partial charge in [-0.1, -0.05) is 0 Å². The molecular weight excluding hydrogens is 239 g/mol. The van der Waals surface area contributed by atoms with Crippen molar-refractivity contribution in [2.24, 2.45) is 5.73 Å². The second-order valence-electron chi connectivity index (χ2n) is 4.06. The quantitative estimate of drug-likeness (QED) is 0.744. The third-order valence-electron chi connectivity index (χ3n) is 2.31. The number of hydrogen-bond acceptors (Lipinski definition) is 3. The van der Waals surface area contributed by atoms with Crippen LogP contribution in [0.2, 0.25) is 0 Å². The van der Waals surface area contributed by atoms with Gasteiger partial charge in [-0.3, -0.25) is 4.79 Å². The van der Waals surface area contributed by atoms with E-state index in [1.54, 1.807) is 6.92 Å². The molecule has 0 bridgehead atoms. The van der Waals surface area contributed by atoms with E-state index in [4.69, 9.17) is 10.8 Å². The van der Waals surface area contributed by atoms with Crippen molar-refractivity contribution in [2.45, 2.75) is 25.8 Å². The van der Waals surface area contributed by atoms with Crippen molar-refractivity contribution in [3.63, 3.8) is 0 Å². The fourth-order valence-electron chi connectivity index (χ4n) is 1.35. The Labute approximate surface area is 104 Å². The molecule has 5 nitrogen and oxygen atoms in total. The highest BCUT2D eigenvalue weighted by Gasteiger charge is 2.12. The first-order chi connectivity index (χ1) is 8.40. The lowest BCUT2D eigenvalue weighted by atomic mass is 10.1. The second kappa shape index (κ2) is 6.11. The first-order valence-electron chi connectivity index (χ1n) is 5.48. The third-order valence-corrected chi connectivity index (χ3v) is 2.31. The minimum Gasteiger partial charge on any atom is -0.478 e. The van der Waals surface area contributed by atoms with E-state index < -0.39 is 17.3 Å². The molecule has 1 aromatic carbocycles. The summed E-state index contributed by atoms with van der Waals surface area (Å²) in [6.07, 6.45) is 0.760. The number of aromatic carboxylic acids is 1. The van der Waals surface area contributed by atoms with Crippen LogP contribution in [0.3, 0.4) is 0 Å². The minimum absolute atomic E-state index is 0.0847. The summed E-state index contributed by atoms with van der Waals surface area (Å²) >= 11 is 0. The molecule has 0 aliphatic rings. The smallest absolute Gasteiger partial charge is 0.338 e. The van der Waals surface area contributed by atoms with Crippen LogP contribution < -0.4 is 11.1 Å². The predicted molar refractivity (Wildman–Crippen MR) is 64.9 cm³/mol. The number of halogens is 1. The molecule has 0 saturated carbocycles. The highest BCUT2D eigenvalue weighted by Crippen LogP contribution is 2.15. The van der Waals surface area contributed by atoms with Crippen molar-refractivity contribution < 1.29 is 19.1 Å². The van der Waals surface area contributed by atoms with Gasteiger partial charge in [0.25, 0.3) is 0 Å². The summed E-state index contributed by atoms with van der Waals surface area (Å²) in [5, 5.41) is 11.2. The number of amides is 1. The molecule has 4 N–H and O–H groups in total. The summed E-state index contributed by atoms with van der Waals surface area (Å²) < 4.78 is 13.1. The molecule has 1 aromatic rings. The van der Waals surface area contributed by atoms with Crippen LogP contribution in [-0.4, -0.2) is 23.0 Å². The second-order valence-corrected chi connectivity index (χ2v) is 4.06. The number of rotatable bonds is 5. The molecule has 0 aliphatic heterocycles.